The van der Waals surface area contributed by atoms with Crippen LogP contribution in [-0.4, -0.2) is 38.9 Å². The molecule has 1 aliphatic heterocycles. The summed E-state index contributed by atoms with van der Waals surface area (Å²) in [6.45, 7) is 2.11. The lowest BCUT2D eigenvalue weighted by Gasteiger charge is -2.16. The van der Waals surface area contributed by atoms with E-state index in [-0.39, 0.29) is 10.1 Å². The normalized spacial score (nSPS) is 17.6. The van der Waals surface area contributed by atoms with Gasteiger partial charge in [0.1, 0.15) is 4.21 Å². The molecule has 1 amide bonds. The number of carbonyl (C=O) groups excluding carboxylic acids is 1. The molecule has 0 saturated carbocycles. The number of rotatable bonds is 6. The van der Waals surface area contributed by atoms with E-state index in [1.165, 1.54) is 11.3 Å². The molecule has 0 bridgehead atoms. The first-order chi connectivity index (χ1) is 12.0. The van der Waals surface area contributed by atoms with Crippen molar-refractivity contribution in [3.63, 3.8) is 0 Å². The fourth-order valence-corrected chi connectivity index (χ4v) is 4.90. The highest BCUT2D eigenvalue weighted by Crippen LogP contribution is 2.21. The molecule has 1 fully saturated rings. The van der Waals surface area contributed by atoms with Gasteiger partial charge in [-0.3, -0.25) is 9.52 Å². The van der Waals surface area contributed by atoms with E-state index in [0.717, 1.165) is 25.1 Å². The van der Waals surface area contributed by atoms with Crippen LogP contribution in [0.25, 0.3) is 0 Å². The maximum atomic E-state index is 12.3. The molecule has 1 atom stereocenters. The van der Waals surface area contributed by atoms with E-state index >= 15 is 0 Å². The van der Waals surface area contributed by atoms with Crippen LogP contribution in [0.3, 0.4) is 0 Å². The van der Waals surface area contributed by atoms with Gasteiger partial charge in [-0.05, 0) is 48.0 Å². The third-order valence-corrected chi connectivity index (χ3v) is 7.07. The number of benzene rings is 1. The molecule has 0 aliphatic carbocycles. The summed E-state index contributed by atoms with van der Waals surface area (Å²) in [7, 11) is -3.55. The van der Waals surface area contributed by atoms with Crippen LogP contribution in [0.1, 0.15) is 12.0 Å². The number of likely N-dealkylation sites (tertiary alicyclic amines) is 1. The third-order valence-electron chi connectivity index (χ3n) is 4.29. The summed E-state index contributed by atoms with van der Waals surface area (Å²) < 4.78 is 27.2. The Morgan fingerprint density at radius 3 is 2.64 bits per heavy atom. The molecule has 1 saturated heterocycles. The van der Waals surface area contributed by atoms with Crippen LogP contribution in [0.2, 0.25) is 0 Å². The van der Waals surface area contributed by atoms with Gasteiger partial charge in [0, 0.05) is 18.8 Å². The second-order valence-electron chi connectivity index (χ2n) is 6.14. The number of amides is 1. The molecule has 1 aromatic carbocycles. The molecule has 8 heteroatoms. The van der Waals surface area contributed by atoms with Crippen molar-refractivity contribution in [1.29, 1.82) is 0 Å². The molecule has 6 nitrogen and oxygen atoms in total. The molecular formula is C17H21N3O3S2. The largest absolute Gasteiger partial charge is 0.342 e. The van der Waals surface area contributed by atoms with Gasteiger partial charge in [-0.15, -0.1) is 11.3 Å². The molecule has 134 valence electrons. The maximum absolute atomic E-state index is 12.3. The molecule has 3 N–H and O–H groups in total. The van der Waals surface area contributed by atoms with E-state index in [1.54, 1.807) is 41.8 Å². The molecule has 2 heterocycles. The standard InChI is InChI=1S/C17H21N3O3S2/c18-11-14-7-8-20(12-14)16(21)10-13-3-5-15(6-4-13)19-25(22,23)17-2-1-9-24-17/h1-6,9,14,19H,7-8,10-12,18H2. The number of hydrogen-bond donors (Lipinski definition) is 2. The van der Waals surface area contributed by atoms with Gasteiger partial charge in [-0.25, -0.2) is 8.42 Å². The van der Waals surface area contributed by atoms with Crippen molar-refractivity contribution in [2.24, 2.45) is 11.7 Å². The molecule has 0 radical (unpaired) electrons. The Bertz CT molecular complexity index is 817. The first kappa shape index (κ1) is 17.9. The Balaban J connectivity index is 1.60. The third kappa shape index (κ3) is 4.39. The van der Waals surface area contributed by atoms with Crippen LogP contribution in [0.5, 0.6) is 0 Å². The Kier molecular flexibility index (Phi) is 5.41. The lowest BCUT2D eigenvalue weighted by atomic mass is 10.1. The van der Waals surface area contributed by atoms with E-state index in [2.05, 4.69) is 4.72 Å². The number of thiophene rings is 1. The highest BCUT2D eigenvalue weighted by atomic mass is 32.2. The van der Waals surface area contributed by atoms with Crippen molar-refractivity contribution in [2.45, 2.75) is 17.1 Å². The first-order valence-electron chi connectivity index (χ1n) is 8.11. The van der Waals surface area contributed by atoms with E-state index in [4.69, 9.17) is 5.73 Å². The summed E-state index contributed by atoms with van der Waals surface area (Å²) in [5.74, 6) is 0.487. The molecule has 1 aliphatic rings. The quantitative estimate of drug-likeness (QED) is 0.802. The van der Waals surface area contributed by atoms with Gasteiger partial charge in [0.15, 0.2) is 0 Å². The SMILES string of the molecule is NCC1CCN(C(=O)Cc2ccc(NS(=O)(=O)c3cccs3)cc2)C1. The number of hydrogen-bond acceptors (Lipinski definition) is 5. The number of sulfonamides is 1. The minimum absolute atomic E-state index is 0.0860. The van der Waals surface area contributed by atoms with Crippen molar-refractivity contribution >= 4 is 33.0 Å². The van der Waals surface area contributed by atoms with Crippen molar-refractivity contribution < 1.29 is 13.2 Å². The number of anilines is 1. The predicted molar refractivity (Wildman–Crippen MR) is 99.0 cm³/mol. The summed E-state index contributed by atoms with van der Waals surface area (Å²) in [5.41, 5.74) is 7.00. The Hall–Kier alpha value is -1.90. The minimum atomic E-state index is -3.55. The number of nitrogens with one attached hydrogen (secondary N) is 1. The Morgan fingerprint density at radius 2 is 2.04 bits per heavy atom. The van der Waals surface area contributed by atoms with Crippen molar-refractivity contribution in [3.8, 4) is 0 Å². The molecule has 25 heavy (non-hydrogen) atoms. The minimum Gasteiger partial charge on any atom is -0.342 e. The monoisotopic (exact) mass is 379 g/mol. The molecular weight excluding hydrogens is 358 g/mol. The van der Waals surface area contributed by atoms with E-state index < -0.39 is 10.0 Å². The van der Waals surface area contributed by atoms with Crippen LogP contribution in [-0.2, 0) is 21.2 Å². The summed E-state index contributed by atoms with van der Waals surface area (Å²) in [6.07, 6.45) is 1.28. The van der Waals surface area contributed by atoms with Gasteiger partial charge < -0.3 is 10.6 Å². The van der Waals surface area contributed by atoms with Crippen molar-refractivity contribution in [3.05, 3.63) is 47.3 Å². The van der Waals surface area contributed by atoms with Crippen LogP contribution in [0.15, 0.2) is 46.0 Å². The van der Waals surface area contributed by atoms with Gasteiger partial charge in [-0.2, -0.15) is 0 Å². The molecule has 1 aromatic heterocycles. The van der Waals surface area contributed by atoms with E-state index in [1.807, 2.05) is 4.90 Å². The highest BCUT2D eigenvalue weighted by Gasteiger charge is 2.25. The molecule has 0 spiro atoms. The molecule has 3 rings (SSSR count). The van der Waals surface area contributed by atoms with Gasteiger partial charge in [-0.1, -0.05) is 18.2 Å². The first-order valence-corrected chi connectivity index (χ1v) is 10.5. The van der Waals surface area contributed by atoms with Crippen LogP contribution < -0.4 is 10.5 Å². The summed E-state index contributed by atoms with van der Waals surface area (Å²) >= 11 is 1.17. The zero-order valence-electron chi connectivity index (χ0n) is 13.7. The van der Waals surface area contributed by atoms with Gasteiger partial charge >= 0.3 is 0 Å². The average molecular weight is 380 g/mol. The number of carbonyl (C=O) groups is 1. The molecule has 2 aromatic rings. The van der Waals surface area contributed by atoms with Crippen molar-refractivity contribution in [1.82, 2.24) is 4.90 Å². The maximum Gasteiger partial charge on any atom is 0.271 e. The van der Waals surface area contributed by atoms with Crippen LogP contribution >= 0.6 is 11.3 Å². The van der Waals surface area contributed by atoms with E-state index in [9.17, 15) is 13.2 Å². The lowest BCUT2D eigenvalue weighted by molar-refractivity contribution is -0.129. The summed E-state index contributed by atoms with van der Waals surface area (Å²) in [5, 5.41) is 1.72. The van der Waals surface area contributed by atoms with Crippen LogP contribution in [0, 0.1) is 5.92 Å². The van der Waals surface area contributed by atoms with Gasteiger partial charge in [0.2, 0.25) is 5.91 Å². The Morgan fingerprint density at radius 1 is 1.28 bits per heavy atom. The fraction of sp³-hybridized carbons (Fsp3) is 0.353. The number of nitrogens with zero attached hydrogens (tertiary/aromatic N) is 1. The topological polar surface area (TPSA) is 92.5 Å². The predicted octanol–water partition coefficient (Wildman–Crippen LogP) is 1.90. The smallest absolute Gasteiger partial charge is 0.271 e. The summed E-state index contributed by atoms with van der Waals surface area (Å²) in [4.78, 5) is 14.2. The van der Waals surface area contributed by atoms with Crippen molar-refractivity contribution in [2.75, 3.05) is 24.4 Å². The second kappa shape index (κ2) is 7.55. The fourth-order valence-electron chi connectivity index (χ4n) is 2.85. The van der Waals surface area contributed by atoms with Gasteiger partial charge in [0.25, 0.3) is 10.0 Å². The average Bonchev–Trinajstić information content (AvgIpc) is 3.28. The zero-order valence-corrected chi connectivity index (χ0v) is 15.4. The van der Waals surface area contributed by atoms with Crippen LogP contribution in [0.4, 0.5) is 5.69 Å². The Labute approximate surface area is 151 Å². The van der Waals surface area contributed by atoms with E-state index in [0.29, 0.717) is 24.6 Å². The summed E-state index contributed by atoms with van der Waals surface area (Å²) in [6, 6.07) is 10.2. The lowest BCUT2D eigenvalue weighted by Crippen LogP contribution is -2.31. The zero-order chi connectivity index (χ0) is 17.9. The second-order valence-corrected chi connectivity index (χ2v) is 9.00. The number of nitrogens with two attached hydrogens (primary N) is 1. The molecule has 1 unspecified atom stereocenters. The highest BCUT2D eigenvalue weighted by molar-refractivity contribution is 7.94. The van der Waals surface area contributed by atoms with Gasteiger partial charge in [0.05, 0.1) is 6.42 Å².